The van der Waals surface area contributed by atoms with E-state index in [1.807, 2.05) is 36.4 Å². The van der Waals surface area contributed by atoms with Crippen LogP contribution in [-0.2, 0) is 4.74 Å². The topological polar surface area (TPSA) is 18.5 Å². The molecule has 0 N–H and O–H groups in total. The number of hydrogen-bond acceptors (Lipinski definition) is 2. The van der Waals surface area contributed by atoms with Gasteiger partial charge in [0.05, 0.1) is 6.10 Å². The predicted octanol–water partition coefficient (Wildman–Crippen LogP) is 9.13. The number of allylic oxidation sites excluding steroid dienone is 1. The minimum Gasteiger partial charge on any atom is -0.490 e. The van der Waals surface area contributed by atoms with Crippen LogP contribution in [-0.4, -0.2) is 19.3 Å². The number of fused-ring (bicyclic) bond motifs is 1. The van der Waals surface area contributed by atoms with Gasteiger partial charge in [-0.15, -0.1) is 0 Å². The Morgan fingerprint density at radius 3 is 2.54 bits per heavy atom. The molecule has 0 heterocycles. The van der Waals surface area contributed by atoms with E-state index >= 15 is 0 Å². The highest BCUT2D eigenvalue weighted by molar-refractivity contribution is 5.88. The van der Waals surface area contributed by atoms with Gasteiger partial charge in [0.25, 0.3) is 0 Å². The third kappa shape index (κ3) is 7.76. The maximum absolute atomic E-state index is 15.0. The molecule has 3 rings (SSSR count). The molecule has 0 amide bonds. The van der Waals surface area contributed by atoms with Crippen LogP contribution in [0.2, 0.25) is 0 Å². The molecule has 0 saturated heterocycles. The highest BCUT2D eigenvalue weighted by Gasteiger charge is 2.14. The summed E-state index contributed by atoms with van der Waals surface area (Å²) in [6, 6.07) is 14.6. The molecular formula is C31H36F2O2. The van der Waals surface area contributed by atoms with Crippen LogP contribution in [0.5, 0.6) is 5.75 Å². The van der Waals surface area contributed by atoms with Crippen molar-refractivity contribution in [2.45, 2.75) is 58.5 Å². The summed E-state index contributed by atoms with van der Waals surface area (Å²) >= 11 is 0. The van der Waals surface area contributed by atoms with Crippen LogP contribution < -0.4 is 4.74 Å². The number of rotatable bonds is 14. The molecule has 4 heteroatoms. The lowest BCUT2D eigenvalue weighted by atomic mass is 9.99. The van der Waals surface area contributed by atoms with E-state index in [2.05, 4.69) is 20.4 Å². The van der Waals surface area contributed by atoms with Gasteiger partial charge >= 0.3 is 0 Å². The molecule has 0 aliphatic rings. The second kappa shape index (κ2) is 13.8. The van der Waals surface area contributed by atoms with E-state index < -0.39 is 11.6 Å². The molecule has 1 unspecified atom stereocenters. The fourth-order valence-corrected chi connectivity index (χ4v) is 4.01. The summed E-state index contributed by atoms with van der Waals surface area (Å²) in [5.41, 5.74) is 1.15. The summed E-state index contributed by atoms with van der Waals surface area (Å²) in [5.74, 6) is -0.904. The van der Waals surface area contributed by atoms with Crippen LogP contribution in [0.25, 0.3) is 28.0 Å². The molecule has 186 valence electrons. The van der Waals surface area contributed by atoms with Gasteiger partial charge in [-0.3, -0.25) is 0 Å². The molecule has 0 radical (unpaired) electrons. The van der Waals surface area contributed by atoms with E-state index in [-0.39, 0.29) is 17.2 Å². The van der Waals surface area contributed by atoms with Crippen LogP contribution in [0.1, 0.15) is 57.9 Å². The third-order valence-electron chi connectivity index (χ3n) is 6.03. The fraction of sp³-hybridized carbons (Fsp3) is 0.355. The molecule has 2 nitrogen and oxygen atoms in total. The number of hydrogen-bond donors (Lipinski definition) is 0. The molecule has 0 aromatic heterocycles. The number of benzene rings is 3. The van der Waals surface area contributed by atoms with E-state index in [1.54, 1.807) is 30.4 Å². The lowest BCUT2D eigenvalue weighted by Gasteiger charge is -2.12. The van der Waals surface area contributed by atoms with Gasteiger partial charge in [-0.25, -0.2) is 8.78 Å². The van der Waals surface area contributed by atoms with E-state index in [0.29, 0.717) is 12.2 Å². The summed E-state index contributed by atoms with van der Waals surface area (Å²) in [7, 11) is 0. The van der Waals surface area contributed by atoms with E-state index in [4.69, 9.17) is 9.47 Å². The third-order valence-corrected chi connectivity index (χ3v) is 6.03. The van der Waals surface area contributed by atoms with Crippen molar-refractivity contribution in [2.75, 3.05) is 13.2 Å². The molecule has 35 heavy (non-hydrogen) atoms. The first-order valence-electron chi connectivity index (χ1n) is 12.6. The van der Waals surface area contributed by atoms with Crippen LogP contribution in [0.3, 0.4) is 0 Å². The van der Waals surface area contributed by atoms with Gasteiger partial charge in [-0.2, -0.15) is 0 Å². The van der Waals surface area contributed by atoms with Crippen molar-refractivity contribution in [3.8, 4) is 16.9 Å². The molecule has 0 saturated carbocycles. The Morgan fingerprint density at radius 2 is 1.74 bits per heavy atom. The van der Waals surface area contributed by atoms with Crippen molar-refractivity contribution < 1.29 is 18.3 Å². The zero-order chi connectivity index (χ0) is 25.0. The van der Waals surface area contributed by atoms with Crippen molar-refractivity contribution in [3.63, 3.8) is 0 Å². The number of ether oxygens (including phenoxy) is 2. The van der Waals surface area contributed by atoms with Crippen LogP contribution in [0.15, 0.2) is 67.3 Å². The Balaban J connectivity index is 1.61. The highest BCUT2D eigenvalue weighted by Crippen LogP contribution is 2.31. The average molecular weight is 479 g/mol. The lowest BCUT2D eigenvalue weighted by Crippen LogP contribution is -2.08. The number of unbranched alkanes of at least 4 members (excludes halogenated alkanes) is 3. The van der Waals surface area contributed by atoms with Gasteiger partial charge in [-0.1, -0.05) is 74.9 Å². The second-order valence-corrected chi connectivity index (χ2v) is 8.88. The summed E-state index contributed by atoms with van der Waals surface area (Å²) in [6.07, 6.45) is 11.7. The first-order chi connectivity index (χ1) is 17.0. The lowest BCUT2D eigenvalue weighted by molar-refractivity contribution is 0.0566. The van der Waals surface area contributed by atoms with Gasteiger partial charge in [0.15, 0.2) is 11.6 Å². The second-order valence-electron chi connectivity index (χ2n) is 8.88. The summed E-state index contributed by atoms with van der Waals surface area (Å²) in [4.78, 5) is 0. The summed E-state index contributed by atoms with van der Waals surface area (Å²) < 4.78 is 41.1. The van der Waals surface area contributed by atoms with Crippen molar-refractivity contribution in [3.05, 3.63) is 84.5 Å². The first-order valence-corrected chi connectivity index (χ1v) is 12.6. The Kier molecular flexibility index (Phi) is 10.5. The monoisotopic (exact) mass is 478 g/mol. The summed E-state index contributed by atoms with van der Waals surface area (Å²) in [6.45, 7) is 9.16. The molecule has 0 spiro atoms. The first kappa shape index (κ1) is 26.6. The van der Waals surface area contributed by atoms with Gasteiger partial charge in [0.1, 0.15) is 12.4 Å². The van der Waals surface area contributed by atoms with Crippen molar-refractivity contribution in [1.29, 1.82) is 0 Å². The Morgan fingerprint density at radius 1 is 0.943 bits per heavy atom. The van der Waals surface area contributed by atoms with Gasteiger partial charge < -0.3 is 9.47 Å². The van der Waals surface area contributed by atoms with Gasteiger partial charge in [-0.05, 0) is 67.1 Å². The average Bonchev–Trinajstić information content (AvgIpc) is 2.87. The smallest absolute Gasteiger partial charge is 0.167 e. The highest BCUT2D eigenvalue weighted by atomic mass is 19.2. The molecular weight excluding hydrogens is 442 g/mol. The predicted molar refractivity (Wildman–Crippen MR) is 143 cm³/mol. The minimum absolute atomic E-state index is 0.224. The normalized spacial score (nSPS) is 12.3. The van der Waals surface area contributed by atoms with E-state index in [1.165, 1.54) is 12.8 Å². The summed E-state index contributed by atoms with van der Waals surface area (Å²) in [5, 5.41) is 1.90. The Labute approximate surface area is 208 Å². The quantitative estimate of drug-likeness (QED) is 0.170. The maximum atomic E-state index is 15.0. The molecule has 1 atom stereocenters. The molecule has 0 aliphatic carbocycles. The Hall–Kier alpha value is -2.98. The van der Waals surface area contributed by atoms with Crippen LogP contribution >= 0.6 is 0 Å². The zero-order valence-electron chi connectivity index (χ0n) is 20.9. The van der Waals surface area contributed by atoms with Gasteiger partial charge in [0.2, 0.25) is 0 Å². The molecule has 0 fully saturated rings. The van der Waals surface area contributed by atoms with E-state index in [9.17, 15) is 8.78 Å². The minimum atomic E-state index is -0.827. The largest absolute Gasteiger partial charge is 0.490 e. The van der Waals surface area contributed by atoms with E-state index in [0.717, 1.165) is 48.8 Å². The number of halogens is 2. The van der Waals surface area contributed by atoms with Crippen molar-refractivity contribution >= 4 is 16.8 Å². The standard InChI is InChI=1S/C31H36F2O2/c1-4-6-10-20-34-23(3)11-8-7-9-12-24-16-18-29(31(33)30(24)32)27-14-13-26-22-28(35-19-5-2)17-15-25(26)21-27/h5,9,12-18,21-23H,2,4,6-8,10-11,19-20H2,1,3H3/b12-9+. The van der Waals surface area contributed by atoms with Crippen LogP contribution in [0.4, 0.5) is 8.78 Å². The molecule has 3 aromatic rings. The Bertz CT molecular complexity index is 1140. The fourth-order valence-electron chi connectivity index (χ4n) is 4.01. The molecule has 0 bridgehead atoms. The maximum Gasteiger partial charge on any atom is 0.167 e. The zero-order valence-corrected chi connectivity index (χ0v) is 20.9. The molecule has 3 aromatic carbocycles. The van der Waals surface area contributed by atoms with Crippen molar-refractivity contribution in [2.24, 2.45) is 0 Å². The van der Waals surface area contributed by atoms with Crippen LogP contribution in [0, 0.1) is 11.6 Å². The van der Waals surface area contributed by atoms with Crippen molar-refractivity contribution in [1.82, 2.24) is 0 Å². The van der Waals surface area contributed by atoms with Gasteiger partial charge in [0, 0.05) is 17.7 Å². The molecule has 0 aliphatic heterocycles. The SMILES string of the molecule is C=CCOc1ccc2cc(-c3ccc(/C=C/CCCC(C)OCCCCC)c(F)c3F)ccc2c1.